The fourth-order valence-electron chi connectivity index (χ4n) is 2.87. The smallest absolute Gasteiger partial charge is 0.235 e. The molecule has 4 nitrogen and oxygen atoms in total. The summed E-state index contributed by atoms with van der Waals surface area (Å²) in [5.41, 5.74) is 3.25. The molecule has 5 heteroatoms. The molecule has 0 aliphatic heterocycles. The molecule has 0 aliphatic carbocycles. The molecule has 0 aromatic heterocycles. The lowest BCUT2D eigenvalue weighted by Crippen LogP contribution is -2.34. The Morgan fingerprint density at radius 2 is 1.69 bits per heavy atom. The van der Waals surface area contributed by atoms with Gasteiger partial charge >= 0.3 is 0 Å². The van der Waals surface area contributed by atoms with Gasteiger partial charge in [-0.25, -0.2) is 8.42 Å². The third-order valence-corrected chi connectivity index (χ3v) is 5.95. The molecule has 0 heterocycles. The maximum absolute atomic E-state index is 12.2. The van der Waals surface area contributed by atoms with Crippen molar-refractivity contribution < 1.29 is 13.2 Å². The zero-order chi connectivity index (χ0) is 19.0. The van der Waals surface area contributed by atoms with E-state index in [0.717, 1.165) is 16.7 Å². The number of amides is 1. The van der Waals surface area contributed by atoms with E-state index in [1.807, 2.05) is 68.4 Å². The zero-order valence-electron chi connectivity index (χ0n) is 15.4. The number of hydrogen-bond donors (Lipinski definition) is 1. The molecule has 0 bridgehead atoms. The minimum absolute atomic E-state index is 0.0244. The highest BCUT2D eigenvalue weighted by atomic mass is 32.2. The third kappa shape index (κ3) is 6.64. The van der Waals surface area contributed by atoms with Crippen molar-refractivity contribution in [2.75, 3.05) is 11.5 Å². The van der Waals surface area contributed by atoms with Crippen LogP contribution in [0.4, 0.5) is 0 Å². The van der Waals surface area contributed by atoms with Crippen LogP contribution in [0.25, 0.3) is 0 Å². The minimum atomic E-state index is -3.41. The lowest BCUT2D eigenvalue weighted by molar-refractivity contribution is -0.119. The van der Waals surface area contributed by atoms with Crippen molar-refractivity contribution in [1.82, 2.24) is 5.32 Å². The summed E-state index contributed by atoms with van der Waals surface area (Å²) in [4.78, 5) is 12.2. The molecule has 26 heavy (non-hydrogen) atoms. The largest absolute Gasteiger partial charge is 0.348 e. The average Bonchev–Trinajstić information content (AvgIpc) is 2.61. The van der Waals surface area contributed by atoms with Crippen LogP contribution in [-0.2, 0) is 21.1 Å². The van der Waals surface area contributed by atoms with Crippen LogP contribution >= 0.6 is 0 Å². The number of nitrogens with one attached hydrogen (secondary N) is 1. The predicted molar refractivity (Wildman–Crippen MR) is 106 cm³/mol. The number of aryl methyl sites for hydroxylation is 2. The summed E-state index contributed by atoms with van der Waals surface area (Å²) in [6.45, 7) is 3.98. The number of carbonyl (C=O) groups excluding carboxylic acids is 1. The van der Waals surface area contributed by atoms with Crippen molar-refractivity contribution in [2.45, 2.75) is 39.2 Å². The maximum atomic E-state index is 12.2. The van der Waals surface area contributed by atoms with Gasteiger partial charge in [-0.1, -0.05) is 67.1 Å². The van der Waals surface area contributed by atoms with Gasteiger partial charge in [-0.3, -0.25) is 4.79 Å². The summed E-state index contributed by atoms with van der Waals surface area (Å²) in [6.07, 6.45) is 1.93. The van der Waals surface area contributed by atoms with Crippen LogP contribution in [0.5, 0.6) is 0 Å². The van der Waals surface area contributed by atoms with Crippen molar-refractivity contribution in [3.63, 3.8) is 0 Å². The summed E-state index contributed by atoms with van der Waals surface area (Å²) in [7, 11) is -3.41. The molecule has 2 aromatic rings. The maximum Gasteiger partial charge on any atom is 0.235 e. The van der Waals surface area contributed by atoms with E-state index < -0.39 is 21.5 Å². The van der Waals surface area contributed by atoms with Crippen LogP contribution in [0.2, 0.25) is 0 Å². The quantitative estimate of drug-likeness (QED) is 0.730. The molecule has 0 saturated carbocycles. The molecule has 1 amide bonds. The van der Waals surface area contributed by atoms with Gasteiger partial charge in [-0.2, -0.15) is 0 Å². The molecule has 1 N–H and O–H groups in total. The highest BCUT2D eigenvalue weighted by Crippen LogP contribution is 2.17. The van der Waals surface area contributed by atoms with Gasteiger partial charge in [-0.15, -0.1) is 0 Å². The van der Waals surface area contributed by atoms with Gasteiger partial charge in [0, 0.05) is 0 Å². The Bertz CT molecular complexity index is 799. The first-order valence-electron chi connectivity index (χ1n) is 9.00. The molecule has 0 spiro atoms. The highest BCUT2D eigenvalue weighted by molar-refractivity contribution is 7.92. The topological polar surface area (TPSA) is 63.2 Å². The summed E-state index contributed by atoms with van der Waals surface area (Å²) in [6, 6.07) is 17.5. The molecule has 0 aliphatic rings. The predicted octanol–water partition coefficient (Wildman–Crippen LogP) is 3.61. The lowest BCUT2D eigenvalue weighted by atomic mass is 10.0. The van der Waals surface area contributed by atoms with E-state index in [-0.39, 0.29) is 11.8 Å². The van der Waals surface area contributed by atoms with Crippen molar-refractivity contribution in [1.29, 1.82) is 0 Å². The van der Waals surface area contributed by atoms with E-state index >= 15 is 0 Å². The number of rotatable bonds is 9. The fraction of sp³-hybridized carbons (Fsp3) is 0.381. The summed E-state index contributed by atoms with van der Waals surface area (Å²) < 4.78 is 24.4. The van der Waals surface area contributed by atoms with E-state index in [9.17, 15) is 13.2 Å². The molecule has 0 radical (unpaired) electrons. The van der Waals surface area contributed by atoms with Gasteiger partial charge in [0.1, 0.15) is 5.75 Å². The lowest BCUT2D eigenvalue weighted by Gasteiger charge is -2.17. The average molecular weight is 374 g/mol. The zero-order valence-corrected chi connectivity index (χ0v) is 16.3. The van der Waals surface area contributed by atoms with E-state index in [4.69, 9.17) is 0 Å². The van der Waals surface area contributed by atoms with Crippen molar-refractivity contribution >= 4 is 15.7 Å². The van der Waals surface area contributed by atoms with Crippen LogP contribution in [0.1, 0.15) is 42.5 Å². The number of carbonyl (C=O) groups is 1. The van der Waals surface area contributed by atoms with E-state index in [2.05, 4.69) is 5.32 Å². The highest BCUT2D eigenvalue weighted by Gasteiger charge is 2.19. The van der Waals surface area contributed by atoms with Crippen LogP contribution in [0.15, 0.2) is 54.6 Å². The summed E-state index contributed by atoms with van der Waals surface area (Å²) >= 11 is 0. The third-order valence-electron chi connectivity index (χ3n) is 4.34. The second-order valence-electron chi connectivity index (χ2n) is 6.62. The molecular formula is C21H27NO3S. The van der Waals surface area contributed by atoms with Crippen LogP contribution in [-0.4, -0.2) is 25.8 Å². The minimum Gasteiger partial charge on any atom is -0.348 e. The Kier molecular flexibility index (Phi) is 7.39. The van der Waals surface area contributed by atoms with Gasteiger partial charge in [-0.05, 0) is 37.3 Å². The first kappa shape index (κ1) is 20.2. The van der Waals surface area contributed by atoms with E-state index in [1.165, 1.54) is 0 Å². The molecule has 2 rings (SSSR count). The normalized spacial score (nSPS) is 12.5. The Morgan fingerprint density at radius 1 is 1.04 bits per heavy atom. The van der Waals surface area contributed by atoms with Crippen LogP contribution in [0, 0.1) is 6.92 Å². The van der Waals surface area contributed by atoms with Crippen molar-refractivity contribution in [3.8, 4) is 0 Å². The Morgan fingerprint density at radius 3 is 2.31 bits per heavy atom. The molecular weight excluding hydrogens is 346 g/mol. The molecule has 1 atom stereocenters. The monoisotopic (exact) mass is 373 g/mol. The van der Waals surface area contributed by atoms with E-state index in [0.29, 0.717) is 19.3 Å². The second-order valence-corrected chi connectivity index (χ2v) is 8.80. The summed E-state index contributed by atoms with van der Waals surface area (Å²) in [5.74, 6) is -0.863. The van der Waals surface area contributed by atoms with Gasteiger partial charge in [0.05, 0.1) is 11.8 Å². The fourth-order valence-corrected chi connectivity index (χ4v) is 4.08. The molecule has 0 fully saturated rings. The second kappa shape index (κ2) is 9.53. The molecule has 1 unspecified atom stereocenters. The van der Waals surface area contributed by atoms with Crippen molar-refractivity contribution in [3.05, 3.63) is 71.3 Å². The number of sulfone groups is 1. The first-order chi connectivity index (χ1) is 12.4. The molecule has 2 aromatic carbocycles. The Hall–Kier alpha value is -2.14. The van der Waals surface area contributed by atoms with Gasteiger partial charge < -0.3 is 5.32 Å². The van der Waals surface area contributed by atoms with Crippen molar-refractivity contribution in [2.24, 2.45) is 0 Å². The van der Waals surface area contributed by atoms with Gasteiger partial charge in [0.15, 0.2) is 9.84 Å². The summed E-state index contributed by atoms with van der Waals surface area (Å²) in [5, 5.41) is 2.85. The van der Waals surface area contributed by atoms with Gasteiger partial charge in [0.25, 0.3) is 0 Å². The van der Waals surface area contributed by atoms with Crippen LogP contribution < -0.4 is 5.32 Å². The van der Waals surface area contributed by atoms with E-state index in [1.54, 1.807) is 0 Å². The molecule has 140 valence electrons. The van der Waals surface area contributed by atoms with Gasteiger partial charge in [0.2, 0.25) is 5.91 Å². The standard InChI is InChI=1S/C21H27NO3S/c1-3-20(19-13-11-17(2)12-14-19)22-21(23)16-26(24,25)15-7-10-18-8-5-4-6-9-18/h4-6,8-9,11-14,20H,3,7,10,15-16H2,1-2H3,(H,22,23). The SMILES string of the molecule is CCC(NC(=O)CS(=O)(=O)CCCc1ccccc1)c1ccc(C)cc1. The van der Waals surface area contributed by atoms with Crippen LogP contribution in [0.3, 0.4) is 0 Å². The number of benzene rings is 2. The Labute approximate surface area is 156 Å². The molecule has 0 saturated heterocycles. The number of hydrogen-bond acceptors (Lipinski definition) is 3. The Balaban J connectivity index is 1.85. The first-order valence-corrected chi connectivity index (χ1v) is 10.8.